The zero-order chi connectivity index (χ0) is 20.3. The molecule has 0 saturated heterocycles. The summed E-state index contributed by atoms with van der Waals surface area (Å²) in [6.07, 6.45) is -4.55. The van der Waals surface area contributed by atoms with Crippen LogP contribution in [0.5, 0.6) is 0 Å². The molecule has 1 amide bonds. The third-order valence-corrected chi connectivity index (χ3v) is 4.65. The molecule has 146 valence electrons. The molecule has 0 radical (unpaired) electrons. The Bertz CT molecular complexity index is 983. The Morgan fingerprint density at radius 3 is 2.50 bits per heavy atom. The Hall–Kier alpha value is -2.88. The van der Waals surface area contributed by atoms with Crippen LogP contribution in [0, 0.1) is 13.8 Å². The number of tetrazole rings is 1. The first-order valence-electron chi connectivity index (χ1n) is 8.20. The van der Waals surface area contributed by atoms with Crippen LogP contribution in [-0.2, 0) is 11.0 Å². The number of benzene rings is 2. The summed E-state index contributed by atoms with van der Waals surface area (Å²) >= 11 is 1.03. The molecule has 1 heterocycles. The van der Waals surface area contributed by atoms with Crippen molar-refractivity contribution >= 4 is 23.4 Å². The van der Waals surface area contributed by atoms with Crippen LogP contribution in [0.3, 0.4) is 0 Å². The van der Waals surface area contributed by atoms with Crippen LogP contribution < -0.4 is 5.32 Å². The highest BCUT2D eigenvalue weighted by Crippen LogP contribution is 2.34. The van der Waals surface area contributed by atoms with E-state index >= 15 is 0 Å². The molecule has 1 N–H and O–H groups in total. The second-order valence-corrected chi connectivity index (χ2v) is 7.04. The molecule has 0 fully saturated rings. The Balaban J connectivity index is 1.71. The smallest absolute Gasteiger partial charge is 0.325 e. The number of rotatable bonds is 5. The van der Waals surface area contributed by atoms with E-state index in [1.807, 2.05) is 32.0 Å². The molecule has 0 aliphatic carbocycles. The number of aromatic nitrogens is 4. The van der Waals surface area contributed by atoms with Gasteiger partial charge in [-0.1, -0.05) is 30.0 Å². The molecule has 3 aromatic rings. The lowest BCUT2D eigenvalue weighted by atomic mass is 10.1. The quantitative estimate of drug-likeness (QED) is 0.647. The summed E-state index contributed by atoms with van der Waals surface area (Å²) in [4.78, 5) is 12.2. The van der Waals surface area contributed by atoms with E-state index in [2.05, 4.69) is 20.8 Å². The summed E-state index contributed by atoms with van der Waals surface area (Å²) in [7, 11) is 0. The van der Waals surface area contributed by atoms with Gasteiger partial charge in [0, 0.05) is 0 Å². The number of aryl methyl sites for hydroxylation is 2. The highest BCUT2D eigenvalue weighted by Gasteiger charge is 2.33. The second kappa shape index (κ2) is 8.01. The molecule has 0 atom stereocenters. The number of hydrogen-bond donors (Lipinski definition) is 1. The van der Waals surface area contributed by atoms with Gasteiger partial charge in [0.25, 0.3) is 0 Å². The maximum atomic E-state index is 13.0. The van der Waals surface area contributed by atoms with Gasteiger partial charge in [-0.3, -0.25) is 4.79 Å². The number of nitrogens with zero attached hydrogens (tertiary/aromatic N) is 4. The summed E-state index contributed by atoms with van der Waals surface area (Å²) in [6, 6.07) is 10.6. The number of hydrogen-bond acceptors (Lipinski definition) is 5. The van der Waals surface area contributed by atoms with Gasteiger partial charge in [-0.2, -0.15) is 17.9 Å². The third kappa shape index (κ3) is 4.69. The molecule has 0 saturated carbocycles. The average molecular weight is 407 g/mol. The fourth-order valence-electron chi connectivity index (χ4n) is 2.66. The number of alkyl halides is 3. The number of carbonyl (C=O) groups is 1. The van der Waals surface area contributed by atoms with Gasteiger partial charge in [0.2, 0.25) is 11.1 Å². The van der Waals surface area contributed by atoms with Crippen molar-refractivity contribution < 1.29 is 18.0 Å². The normalized spacial score (nSPS) is 11.5. The van der Waals surface area contributed by atoms with E-state index in [0.29, 0.717) is 5.16 Å². The SMILES string of the molecule is Cc1cc(C)cc(-n2nnnc2SCC(=O)Nc2ccccc2C(F)(F)F)c1. The molecule has 0 aliphatic rings. The fraction of sp³-hybridized carbons (Fsp3) is 0.222. The van der Waals surface area contributed by atoms with E-state index < -0.39 is 17.6 Å². The van der Waals surface area contributed by atoms with Crippen molar-refractivity contribution in [1.29, 1.82) is 0 Å². The number of carbonyl (C=O) groups excluding carboxylic acids is 1. The third-order valence-electron chi connectivity index (χ3n) is 3.73. The molecule has 0 unspecified atom stereocenters. The van der Waals surface area contributed by atoms with E-state index in [-0.39, 0.29) is 11.4 Å². The van der Waals surface area contributed by atoms with Crippen molar-refractivity contribution in [2.24, 2.45) is 0 Å². The van der Waals surface area contributed by atoms with Crippen molar-refractivity contribution in [3.05, 3.63) is 59.2 Å². The molecule has 0 spiro atoms. The Morgan fingerprint density at radius 2 is 1.82 bits per heavy atom. The van der Waals surface area contributed by atoms with Crippen LogP contribution in [0.25, 0.3) is 5.69 Å². The Kier molecular flexibility index (Phi) is 5.68. The van der Waals surface area contributed by atoms with Crippen LogP contribution in [0.1, 0.15) is 16.7 Å². The van der Waals surface area contributed by atoms with Crippen LogP contribution in [-0.4, -0.2) is 31.9 Å². The van der Waals surface area contributed by atoms with Gasteiger partial charge < -0.3 is 5.32 Å². The molecule has 0 aliphatic heterocycles. The van der Waals surface area contributed by atoms with Crippen molar-refractivity contribution in [3.8, 4) is 5.69 Å². The predicted molar refractivity (Wildman–Crippen MR) is 99.4 cm³/mol. The van der Waals surface area contributed by atoms with Crippen LogP contribution in [0.2, 0.25) is 0 Å². The van der Waals surface area contributed by atoms with Crippen LogP contribution in [0.15, 0.2) is 47.6 Å². The summed E-state index contributed by atoms with van der Waals surface area (Å²) < 4.78 is 40.6. The zero-order valence-corrected chi connectivity index (χ0v) is 15.8. The van der Waals surface area contributed by atoms with E-state index in [4.69, 9.17) is 0 Å². The van der Waals surface area contributed by atoms with E-state index in [0.717, 1.165) is 34.6 Å². The summed E-state index contributed by atoms with van der Waals surface area (Å²) in [5.74, 6) is -0.728. The first kappa shape index (κ1) is 19.9. The summed E-state index contributed by atoms with van der Waals surface area (Å²) in [6.45, 7) is 3.89. The first-order valence-corrected chi connectivity index (χ1v) is 9.18. The van der Waals surface area contributed by atoms with Gasteiger partial charge in [0.05, 0.1) is 22.7 Å². The maximum Gasteiger partial charge on any atom is 0.418 e. The minimum absolute atomic E-state index is 0.142. The van der Waals surface area contributed by atoms with Crippen molar-refractivity contribution in [3.63, 3.8) is 0 Å². The number of para-hydroxylation sites is 1. The number of anilines is 1. The summed E-state index contributed by atoms with van der Waals surface area (Å²) in [5, 5.41) is 14.1. The molecular weight excluding hydrogens is 391 g/mol. The van der Waals surface area contributed by atoms with E-state index in [1.165, 1.54) is 22.9 Å². The maximum absolute atomic E-state index is 13.0. The van der Waals surface area contributed by atoms with Gasteiger partial charge in [0.15, 0.2) is 0 Å². The van der Waals surface area contributed by atoms with Gasteiger partial charge in [0.1, 0.15) is 0 Å². The standard InChI is InChI=1S/C18H16F3N5OS/c1-11-7-12(2)9-13(8-11)26-17(23-24-25-26)28-10-16(27)22-15-6-4-3-5-14(15)18(19,20)21/h3-9H,10H2,1-2H3,(H,22,27). The molecule has 3 rings (SSSR count). The minimum Gasteiger partial charge on any atom is -0.325 e. The van der Waals surface area contributed by atoms with Gasteiger partial charge in [-0.15, -0.1) is 5.10 Å². The molecule has 6 nitrogen and oxygen atoms in total. The number of amides is 1. The van der Waals surface area contributed by atoms with Gasteiger partial charge in [-0.05, 0) is 59.7 Å². The zero-order valence-electron chi connectivity index (χ0n) is 15.0. The minimum atomic E-state index is -4.55. The number of nitrogens with one attached hydrogen (secondary N) is 1. The predicted octanol–water partition coefficient (Wildman–Crippen LogP) is 4.03. The largest absolute Gasteiger partial charge is 0.418 e. The number of halogens is 3. The lowest BCUT2D eigenvalue weighted by molar-refractivity contribution is -0.137. The average Bonchev–Trinajstić information content (AvgIpc) is 3.07. The monoisotopic (exact) mass is 407 g/mol. The molecule has 1 aromatic heterocycles. The molecular formula is C18H16F3N5OS. The highest BCUT2D eigenvalue weighted by molar-refractivity contribution is 7.99. The molecule has 2 aromatic carbocycles. The van der Waals surface area contributed by atoms with Crippen LogP contribution >= 0.6 is 11.8 Å². The van der Waals surface area contributed by atoms with E-state index in [1.54, 1.807) is 0 Å². The fourth-order valence-corrected chi connectivity index (χ4v) is 3.35. The first-order chi connectivity index (χ1) is 13.2. The molecule has 28 heavy (non-hydrogen) atoms. The Labute approximate surface area is 163 Å². The van der Waals surface area contributed by atoms with E-state index in [9.17, 15) is 18.0 Å². The molecule has 0 bridgehead atoms. The number of thioether (sulfide) groups is 1. The lowest BCUT2D eigenvalue weighted by Crippen LogP contribution is -2.18. The van der Waals surface area contributed by atoms with Gasteiger partial charge >= 0.3 is 6.18 Å². The topological polar surface area (TPSA) is 72.7 Å². The highest BCUT2D eigenvalue weighted by atomic mass is 32.2. The Morgan fingerprint density at radius 1 is 1.14 bits per heavy atom. The lowest BCUT2D eigenvalue weighted by Gasteiger charge is -2.13. The van der Waals surface area contributed by atoms with Gasteiger partial charge in [-0.25, -0.2) is 0 Å². The van der Waals surface area contributed by atoms with Crippen molar-refractivity contribution in [2.75, 3.05) is 11.1 Å². The van der Waals surface area contributed by atoms with Crippen LogP contribution in [0.4, 0.5) is 18.9 Å². The summed E-state index contributed by atoms with van der Waals surface area (Å²) in [5.41, 5.74) is 1.63. The van der Waals surface area contributed by atoms with Crippen molar-refractivity contribution in [2.45, 2.75) is 25.2 Å². The van der Waals surface area contributed by atoms with Crippen molar-refractivity contribution in [1.82, 2.24) is 20.2 Å². The second-order valence-electron chi connectivity index (χ2n) is 6.10. The molecule has 10 heteroatoms.